The molecule has 0 fully saturated rings. The molecular formula is C8H9ClN2O2. The Morgan fingerprint density at radius 3 is 2.85 bits per heavy atom. The topological polar surface area (TPSA) is 64.3 Å². The van der Waals surface area contributed by atoms with Crippen LogP contribution >= 0.6 is 11.6 Å². The number of anilines is 1. The van der Waals surface area contributed by atoms with Gasteiger partial charge in [0.2, 0.25) is 0 Å². The van der Waals surface area contributed by atoms with Gasteiger partial charge in [0.1, 0.15) is 0 Å². The van der Waals surface area contributed by atoms with Gasteiger partial charge in [-0.1, -0.05) is 11.6 Å². The van der Waals surface area contributed by atoms with Crippen LogP contribution in [0, 0.1) is 0 Å². The van der Waals surface area contributed by atoms with Crippen molar-refractivity contribution < 1.29 is 9.53 Å². The molecule has 0 bridgehead atoms. The predicted molar refractivity (Wildman–Crippen MR) is 50.6 cm³/mol. The van der Waals surface area contributed by atoms with Crippen LogP contribution in [0.25, 0.3) is 0 Å². The SMILES string of the molecule is COC(=O)c1ccc(Cl)c(NN)c1. The van der Waals surface area contributed by atoms with Gasteiger partial charge < -0.3 is 10.2 Å². The second-order valence-electron chi connectivity index (χ2n) is 2.33. The Balaban J connectivity index is 3.06. The van der Waals surface area contributed by atoms with Gasteiger partial charge in [-0.2, -0.15) is 0 Å². The number of hydrazine groups is 1. The first-order chi connectivity index (χ1) is 6.19. The van der Waals surface area contributed by atoms with Gasteiger partial charge in [0, 0.05) is 0 Å². The molecule has 0 spiro atoms. The molecule has 1 rings (SSSR count). The number of benzene rings is 1. The normalized spacial score (nSPS) is 9.46. The third kappa shape index (κ3) is 2.11. The Morgan fingerprint density at radius 2 is 2.31 bits per heavy atom. The predicted octanol–water partition coefficient (Wildman–Crippen LogP) is 1.41. The van der Waals surface area contributed by atoms with E-state index in [1.165, 1.54) is 13.2 Å². The summed E-state index contributed by atoms with van der Waals surface area (Å²) in [6.45, 7) is 0. The van der Waals surface area contributed by atoms with E-state index in [9.17, 15) is 4.79 Å². The molecule has 0 aliphatic heterocycles. The summed E-state index contributed by atoms with van der Waals surface area (Å²) >= 11 is 5.75. The number of carbonyl (C=O) groups excluding carboxylic acids is 1. The van der Waals surface area contributed by atoms with Gasteiger partial charge in [-0.15, -0.1) is 0 Å². The maximum absolute atomic E-state index is 11.1. The fraction of sp³-hybridized carbons (Fsp3) is 0.125. The van der Waals surface area contributed by atoms with Crippen LogP contribution in [-0.2, 0) is 4.74 Å². The van der Waals surface area contributed by atoms with E-state index >= 15 is 0 Å². The van der Waals surface area contributed by atoms with E-state index in [1.54, 1.807) is 12.1 Å². The van der Waals surface area contributed by atoms with Gasteiger partial charge in [0.05, 0.1) is 23.4 Å². The van der Waals surface area contributed by atoms with Gasteiger partial charge in [-0.05, 0) is 18.2 Å². The molecule has 13 heavy (non-hydrogen) atoms. The minimum Gasteiger partial charge on any atom is -0.465 e. The number of rotatable bonds is 2. The zero-order valence-corrected chi connectivity index (χ0v) is 7.76. The molecule has 0 aromatic heterocycles. The van der Waals surface area contributed by atoms with Crippen molar-refractivity contribution >= 4 is 23.3 Å². The molecule has 1 aromatic rings. The van der Waals surface area contributed by atoms with Gasteiger partial charge in [0.15, 0.2) is 0 Å². The fourth-order valence-electron chi connectivity index (χ4n) is 0.881. The van der Waals surface area contributed by atoms with Crippen LogP contribution in [0.5, 0.6) is 0 Å². The summed E-state index contributed by atoms with van der Waals surface area (Å²) in [5, 5.41) is 0.454. The lowest BCUT2D eigenvalue weighted by atomic mass is 10.2. The molecule has 5 heteroatoms. The monoisotopic (exact) mass is 200 g/mol. The Bertz CT molecular complexity index is 328. The van der Waals surface area contributed by atoms with Crippen LogP contribution in [-0.4, -0.2) is 13.1 Å². The smallest absolute Gasteiger partial charge is 0.337 e. The third-order valence-electron chi connectivity index (χ3n) is 1.54. The van der Waals surface area contributed by atoms with Crippen LogP contribution in [0.1, 0.15) is 10.4 Å². The van der Waals surface area contributed by atoms with E-state index in [1.807, 2.05) is 0 Å². The summed E-state index contributed by atoms with van der Waals surface area (Å²) in [5.41, 5.74) is 3.27. The molecule has 0 saturated carbocycles. The first kappa shape index (κ1) is 9.83. The van der Waals surface area contributed by atoms with Gasteiger partial charge >= 0.3 is 5.97 Å². The van der Waals surface area contributed by atoms with Crippen molar-refractivity contribution in [3.05, 3.63) is 28.8 Å². The minimum absolute atomic E-state index is 0.403. The van der Waals surface area contributed by atoms with E-state index in [0.717, 1.165) is 0 Å². The molecule has 0 radical (unpaired) electrons. The van der Waals surface area contributed by atoms with E-state index in [-0.39, 0.29) is 0 Å². The van der Waals surface area contributed by atoms with Crippen molar-refractivity contribution in [2.75, 3.05) is 12.5 Å². The lowest BCUT2D eigenvalue weighted by Gasteiger charge is -2.04. The lowest BCUT2D eigenvalue weighted by Crippen LogP contribution is -2.09. The quantitative estimate of drug-likeness (QED) is 0.431. The Kier molecular flexibility index (Phi) is 3.11. The van der Waals surface area contributed by atoms with E-state index < -0.39 is 5.97 Å². The van der Waals surface area contributed by atoms with Gasteiger partial charge in [0.25, 0.3) is 0 Å². The summed E-state index contributed by atoms with van der Waals surface area (Å²) < 4.78 is 4.53. The maximum atomic E-state index is 11.1. The second kappa shape index (κ2) is 4.11. The number of nitrogen functional groups attached to an aromatic ring is 1. The maximum Gasteiger partial charge on any atom is 0.337 e. The molecule has 0 aliphatic carbocycles. The Hall–Kier alpha value is -1.26. The van der Waals surface area contributed by atoms with E-state index in [2.05, 4.69) is 10.2 Å². The zero-order valence-electron chi connectivity index (χ0n) is 7.00. The highest BCUT2D eigenvalue weighted by atomic mass is 35.5. The number of esters is 1. The molecule has 70 valence electrons. The molecule has 0 amide bonds. The van der Waals surface area contributed by atoms with Crippen LogP contribution in [0.15, 0.2) is 18.2 Å². The number of halogens is 1. The van der Waals surface area contributed by atoms with E-state index in [0.29, 0.717) is 16.3 Å². The Morgan fingerprint density at radius 1 is 1.62 bits per heavy atom. The highest BCUT2D eigenvalue weighted by Crippen LogP contribution is 2.22. The van der Waals surface area contributed by atoms with E-state index in [4.69, 9.17) is 17.4 Å². The molecule has 0 saturated heterocycles. The third-order valence-corrected chi connectivity index (χ3v) is 1.87. The van der Waals surface area contributed by atoms with Crippen molar-refractivity contribution in [3.8, 4) is 0 Å². The molecular weight excluding hydrogens is 192 g/mol. The molecule has 0 heterocycles. The summed E-state index contributed by atoms with van der Waals surface area (Å²) in [6, 6.07) is 4.66. The molecule has 0 aliphatic rings. The van der Waals surface area contributed by atoms with Gasteiger partial charge in [-0.3, -0.25) is 5.84 Å². The minimum atomic E-state index is -0.423. The summed E-state index contributed by atoms with van der Waals surface area (Å²) in [5.74, 6) is 4.75. The average molecular weight is 201 g/mol. The van der Waals surface area contributed by atoms with Crippen molar-refractivity contribution in [1.29, 1.82) is 0 Å². The fourth-order valence-corrected chi connectivity index (χ4v) is 1.05. The second-order valence-corrected chi connectivity index (χ2v) is 2.74. The summed E-state index contributed by atoms with van der Waals surface area (Å²) in [6.07, 6.45) is 0. The van der Waals surface area contributed by atoms with Crippen molar-refractivity contribution in [1.82, 2.24) is 0 Å². The number of carbonyl (C=O) groups is 1. The van der Waals surface area contributed by atoms with Crippen LogP contribution in [0.4, 0.5) is 5.69 Å². The Labute approximate surface area is 80.6 Å². The summed E-state index contributed by atoms with van der Waals surface area (Å²) in [4.78, 5) is 11.1. The highest BCUT2D eigenvalue weighted by molar-refractivity contribution is 6.33. The van der Waals surface area contributed by atoms with Crippen molar-refractivity contribution in [3.63, 3.8) is 0 Å². The lowest BCUT2D eigenvalue weighted by molar-refractivity contribution is 0.0601. The highest BCUT2D eigenvalue weighted by Gasteiger charge is 2.07. The van der Waals surface area contributed by atoms with Gasteiger partial charge in [-0.25, -0.2) is 4.79 Å². The van der Waals surface area contributed by atoms with Crippen LogP contribution < -0.4 is 11.3 Å². The number of ether oxygens (including phenoxy) is 1. The molecule has 0 atom stereocenters. The molecule has 4 nitrogen and oxygen atoms in total. The number of nitrogens with one attached hydrogen (secondary N) is 1. The first-order valence-corrected chi connectivity index (χ1v) is 3.91. The molecule has 0 unspecified atom stereocenters. The number of methoxy groups -OCH3 is 1. The average Bonchev–Trinajstić information content (AvgIpc) is 2.17. The van der Waals surface area contributed by atoms with Crippen molar-refractivity contribution in [2.45, 2.75) is 0 Å². The van der Waals surface area contributed by atoms with Crippen molar-refractivity contribution in [2.24, 2.45) is 5.84 Å². The largest absolute Gasteiger partial charge is 0.465 e. The number of nitrogens with two attached hydrogens (primary N) is 1. The number of hydrogen-bond donors (Lipinski definition) is 2. The number of hydrogen-bond acceptors (Lipinski definition) is 4. The molecule has 3 N–H and O–H groups in total. The first-order valence-electron chi connectivity index (χ1n) is 3.53. The standard InChI is InChI=1S/C8H9ClN2O2/c1-13-8(12)5-2-3-6(9)7(4-5)11-10/h2-4,11H,10H2,1H3. The van der Waals surface area contributed by atoms with Crippen LogP contribution in [0.3, 0.4) is 0 Å². The molecule has 1 aromatic carbocycles. The van der Waals surface area contributed by atoms with Crippen LogP contribution in [0.2, 0.25) is 5.02 Å². The summed E-state index contributed by atoms with van der Waals surface area (Å²) in [7, 11) is 1.31. The zero-order chi connectivity index (χ0) is 9.84.